The zero-order valence-electron chi connectivity index (χ0n) is 9.38. The lowest BCUT2D eigenvalue weighted by molar-refractivity contribution is 0.579. The molecule has 0 radical (unpaired) electrons. The van der Waals surface area contributed by atoms with Crippen LogP contribution >= 0.6 is 44.3 Å². The van der Waals surface area contributed by atoms with Gasteiger partial charge in [0.15, 0.2) is 0 Å². The van der Waals surface area contributed by atoms with Crippen LogP contribution in [0.5, 0.6) is 0 Å². The van der Waals surface area contributed by atoms with Crippen LogP contribution in [0.25, 0.3) is 0 Å². The lowest BCUT2D eigenvalue weighted by atomic mass is 10.0. The van der Waals surface area contributed by atoms with E-state index in [4.69, 9.17) is 5.73 Å². The number of hydrogen-bond donors (Lipinski definition) is 1. The van der Waals surface area contributed by atoms with Crippen molar-refractivity contribution in [2.24, 2.45) is 5.73 Å². The van der Waals surface area contributed by atoms with Gasteiger partial charge in [-0.25, -0.2) is 0 Å². The SMILES string of the molecule is CCCCC[C@@H](N)c1cc(Br)ccc1Br.Cl. The predicted octanol–water partition coefficient (Wildman–Crippen LogP) is 5.21. The Labute approximate surface area is 121 Å². The second-order valence-corrected chi connectivity index (χ2v) is 5.54. The Kier molecular flexibility index (Phi) is 8.74. The second-order valence-electron chi connectivity index (χ2n) is 3.77. The van der Waals surface area contributed by atoms with Crippen molar-refractivity contribution >= 4 is 44.3 Å². The molecule has 0 unspecified atom stereocenters. The topological polar surface area (TPSA) is 26.0 Å². The molecule has 0 heterocycles. The molecule has 1 aromatic carbocycles. The summed E-state index contributed by atoms with van der Waals surface area (Å²) in [6.45, 7) is 2.21. The van der Waals surface area contributed by atoms with Gasteiger partial charge in [-0.3, -0.25) is 0 Å². The highest BCUT2D eigenvalue weighted by Gasteiger charge is 2.09. The van der Waals surface area contributed by atoms with Crippen LogP contribution in [-0.4, -0.2) is 0 Å². The molecule has 92 valence electrons. The largest absolute Gasteiger partial charge is 0.324 e. The lowest BCUT2D eigenvalue weighted by Gasteiger charge is -2.14. The quantitative estimate of drug-likeness (QED) is 0.706. The first-order chi connectivity index (χ1) is 7.15. The first-order valence-corrected chi connectivity index (χ1v) is 6.94. The zero-order chi connectivity index (χ0) is 11.3. The summed E-state index contributed by atoms with van der Waals surface area (Å²) < 4.78 is 2.20. The second kappa shape index (κ2) is 8.51. The molecule has 1 aromatic rings. The molecule has 1 rings (SSSR count). The molecule has 16 heavy (non-hydrogen) atoms. The molecule has 0 aliphatic rings. The van der Waals surface area contributed by atoms with Crippen LogP contribution in [0.2, 0.25) is 0 Å². The van der Waals surface area contributed by atoms with Crippen molar-refractivity contribution in [2.75, 3.05) is 0 Å². The van der Waals surface area contributed by atoms with E-state index in [-0.39, 0.29) is 18.4 Å². The fourth-order valence-corrected chi connectivity index (χ4v) is 2.49. The van der Waals surface area contributed by atoms with E-state index in [1.165, 1.54) is 24.8 Å². The van der Waals surface area contributed by atoms with E-state index in [2.05, 4.69) is 44.8 Å². The minimum absolute atomic E-state index is 0. The van der Waals surface area contributed by atoms with Crippen molar-refractivity contribution in [1.29, 1.82) is 0 Å². The van der Waals surface area contributed by atoms with E-state index in [1.54, 1.807) is 0 Å². The standard InChI is InChI=1S/C12H17Br2N.ClH/c1-2-3-4-5-12(15)10-8-9(13)6-7-11(10)14;/h6-8,12H,2-5,15H2,1H3;1H/t12-;/m1./s1. The summed E-state index contributed by atoms with van der Waals surface area (Å²) in [4.78, 5) is 0. The van der Waals surface area contributed by atoms with Gasteiger partial charge in [-0.15, -0.1) is 12.4 Å². The highest BCUT2D eigenvalue weighted by molar-refractivity contribution is 9.11. The van der Waals surface area contributed by atoms with Crippen molar-refractivity contribution < 1.29 is 0 Å². The molecule has 0 spiro atoms. The molecule has 0 saturated heterocycles. The molecule has 0 aliphatic heterocycles. The van der Waals surface area contributed by atoms with Crippen LogP contribution in [0, 0.1) is 0 Å². The Morgan fingerprint density at radius 1 is 1.25 bits per heavy atom. The Hall–Kier alpha value is 0.430. The summed E-state index contributed by atoms with van der Waals surface area (Å²) in [6.07, 6.45) is 4.77. The van der Waals surface area contributed by atoms with Gasteiger partial charge < -0.3 is 5.73 Å². The Morgan fingerprint density at radius 3 is 2.56 bits per heavy atom. The van der Waals surface area contributed by atoms with Gasteiger partial charge >= 0.3 is 0 Å². The molecule has 0 aliphatic carbocycles. The monoisotopic (exact) mass is 369 g/mol. The molecular formula is C12H18Br2ClN. The predicted molar refractivity (Wildman–Crippen MR) is 80.2 cm³/mol. The molecule has 4 heteroatoms. The Bertz CT molecular complexity index is 318. The van der Waals surface area contributed by atoms with Gasteiger partial charge in [0.25, 0.3) is 0 Å². The van der Waals surface area contributed by atoms with E-state index in [0.717, 1.165) is 15.4 Å². The van der Waals surface area contributed by atoms with E-state index in [0.29, 0.717) is 0 Å². The number of halogens is 3. The smallest absolute Gasteiger partial charge is 0.0306 e. The third-order valence-corrected chi connectivity index (χ3v) is 3.69. The van der Waals surface area contributed by atoms with Crippen LogP contribution in [0.15, 0.2) is 27.1 Å². The number of rotatable bonds is 5. The van der Waals surface area contributed by atoms with E-state index in [9.17, 15) is 0 Å². The van der Waals surface area contributed by atoms with Crippen molar-refractivity contribution in [1.82, 2.24) is 0 Å². The van der Waals surface area contributed by atoms with Crippen LogP contribution in [0.1, 0.15) is 44.2 Å². The molecule has 0 saturated carbocycles. The van der Waals surface area contributed by atoms with Gasteiger partial charge in [0.2, 0.25) is 0 Å². The molecule has 1 nitrogen and oxygen atoms in total. The fraction of sp³-hybridized carbons (Fsp3) is 0.500. The van der Waals surface area contributed by atoms with Crippen LogP contribution in [0.3, 0.4) is 0 Å². The summed E-state index contributed by atoms with van der Waals surface area (Å²) in [7, 11) is 0. The molecular weight excluding hydrogens is 353 g/mol. The van der Waals surface area contributed by atoms with E-state index in [1.807, 2.05) is 12.1 Å². The van der Waals surface area contributed by atoms with Gasteiger partial charge in [-0.1, -0.05) is 58.0 Å². The molecule has 0 aromatic heterocycles. The number of unbranched alkanes of at least 4 members (excludes halogenated alkanes) is 2. The normalized spacial score (nSPS) is 12.0. The van der Waals surface area contributed by atoms with Crippen molar-refractivity contribution in [3.8, 4) is 0 Å². The first kappa shape index (κ1) is 16.4. The summed E-state index contributed by atoms with van der Waals surface area (Å²) in [5.41, 5.74) is 7.35. The molecule has 0 fully saturated rings. The third kappa shape index (κ3) is 5.17. The Balaban J connectivity index is 0.00000225. The summed E-state index contributed by atoms with van der Waals surface area (Å²) in [5, 5.41) is 0. The van der Waals surface area contributed by atoms with Gasteiger partial charge in [0.1, 0.15) is 0 Å². The first-order valence-electron chi connectivity index (χ1n) is 5.35. The number of nitrogens with two attached hydrogens (primary N) is 1. The Morgan fingerprint density at radius 2 is 1.94 bits per heavy atom. The van der Waals surface area contributed by atoms with E-state index >= 15 is 0 Å². The minimum Gasteiger partial charge on any atom is -0.324 e. The van der Waals surface area contributed by atoms with Crippen molar-refractivity contribution in [3.63, 3.8) is 0 Å². The molecule has 2 N–H and O–H groups in total. The summed E-state index contributed by atoms with van der Waals surface area (Å²) in [6, 6.07) is 6.30. The van der Waals surface area contributed by atoms with Crippen molar-refractivity contribution in [2.45, 2.75) is 38.6 Å². The average molecular weight is 372 g/mol. The highest BCUT2D eigenvalue weighted by Crippen LogP contribution is 2.28. The maximum absolute atomic E-state index is 6.15. The third-order valence-electron chi connectivity index (χ3n) is 2.48. The molecule has 1 atom stereocenters. The minimum atomic E-state index is 0. The fourth-order valence-electron chi connectivity index (χ4n) is 1.57. The van der Waals surface area contributed by atoms with Crippen molar-refractivity contribution in [3.05, 3.63) is 32.7 Å². The van der Waals surface area contributed by atoms with E-state index < -0.39 is 0 Å². The van der Waals surface area contributed by atoms with Gasteiger partial charge in [0, 0.05) is 15.0 Å². The van der Waals surface area contributed by atoms with Crippen LogP contribution in [0.4, 0.5) is 0 Å². The molecule has 0 amide bonds. The maximum Gasteiger partial charge on any atom is 0.0306 e. The highest BCUT2D eigenvalue weighted by atomic mass is 79.9. The lowest BCUT2D eigenvalue weighted by Crippen LogP contribution is -2.10. The zero-order valence-corrected chi connectivity index (χ0v) is 13.4. The summed E-state index contributed by atoms with van der Waals surface area (Å²) >= 11 is 7.01. The maximum atomic E-state index is 6.15. The van der Waals surface area contributed by atoms with Crippen LogP contribution < -0.4 is 5.73 Å². The van der Waals surface area contributed by atoms with Gasteiger partial charge in [-0.2, -0.15) is 0 Å². The van der Waals surface area contributed by atoms with Crippen LogP contribution in [-0.2, 0) is 0 Å². The number of benzene rings is 1. The van der Waals surface area contributed by atoms with Gasteiger partial charge in [0.05, 0.1) is 0 Å². The summed E-state index contributed by atoms with van der Waals surface area (Å²) in [5.74, 6) is 0. The average Bonchev–Trinajstić information content (AvgIpc) is 2.22. The number of hydrogen-bond acceptors (Lipinski definition) is 1. The van der Waals surface area contributed by atoms with Gasteiger partial charge in [-0.05, 0) is 30.2 Å². The molecule has 0 bridgehead atoms.